The van der Waals surface area contributed by atoms with Gasteiger partial charge < -0.3 is 9.84 Å². The largest absolute Gasteiger partial charge is 0.392 e. The van der Waals surface area contributed by atoms with Crippen LogP contribution in [-0.4, -0.2) is 42.9 Å². The van der Waals surface area contributed by atoms with E-state index < -0.39 is 0 Å². The van der Waals surface area contributed by atoms with Crippen LogP contribution in [0.3, 0.4) is 0 Å². The quantitative estimate of drug-likeness (QED) is 0.663. The molecule has 1 atom stereocenters. The second-order valence-corrected chi connectivity index (χ2v) is 5.16. The Morgan fingerprint density at radius 1 is 1.61 bits per heavy atom. The molecule has 0 spiro atoms. The standard InChI is InChI=1S/C14H23NO2S/c1-3-4-5-14(16)11-15(7-8-17-2)10-13-6-9-18-12-13/h3,6,9,12,14,16H,1,4-5,7-8,10-11H2,2H3/t14-/m0/s1. The van der Waals surface area contributed by atoms with E-state index in [4.69, 9.17) is 4.74 Å². The summed E-state index contributed by atoms with van der Waals surface area (Å²) in [6, 6.07) is 2.13. The summed E-state index contributed by atoms with van der Waals surface area (Å²) in [5.74, 6) is 0. The van der Waals surface area contributed by atoms with Crippen molar-refractivity contribution in [3.63, 3.8) is 0 Å². The summed E-state index contributed by atoms with van der Waals surface area (Å²) in [5.41, 5.74) is 1.30. The lowest BCUT2D eigenvalue weighted by Gasteiger charge is -2.24. The molecule has 0 aliphatic carbocycles. The molecule has 0 aromatic carbocycles. The summed E-state index contributed by atoms with van der Waals surface area (Å²) in [5, 5.41) is 14.2. The first-order valence-electron chi connectivity index (χ1n) is 6.27. The number of aliphatic hydroxyl groups excluding tert-OH is 1. The molecular formula is C14H23NO2S. The average molecular weight is 269 g/mol. The molecule has 0 bridgehead atoms. The Hall–Kier alpha value is -0.680. The van der Waals surface area contributed by atoms with Crippen LogP contribution >= 0.6 is 11.3 Å². The van der Waals surface area contributed by atoms with Crippen molar-refractivity contribution in [2.24, 2.45) is 0 Å². The van der Waals surface area contributed by atoms with E-state index >= 15 is 0 Å². The summed E-state index contributed by atoms with van der Waals surface area (Å²) in [6.07, 6.45) is 3.19. The van der Waals surface area contributed by atoms with Gasteiger partial charge in [0.05, 0.1) is 12.7 Å². The van der Waals surface area contributed by atoms with Crippen molar-refractivity contribution < 1.29 is 9.84 Å². The maximum absolute atomic E-state index is 9.95. The number of methoxy groups -OCH3 is 1. The van der Waals surface area contributed by atoms with Crippen molar-refractivity contribution in [2.75, 3.05) is 26.8 Å². The zero-order valence-corrected chi connectivity index (χ0v) is 11.9. The molecule has 1 rings (SSSR count). The Balaban J connectivity index is 2.41. The molecule has 1 heterocycles. The van der Waals surface area contributed by atoms with E-state index in [1.807, 2.05) is 6.08 Å². The zero-order chi connectivity index (χ0) is 13.2. The number of aliphatic hydroxyl groups is 1. The molecule has 18 heavy (non-hydrogen) atoms. The molecule has 3 nitrogen and oxygen atoms in total. The van der Waals surface area contributed by atoms with E-state index in [9.17, 15) is 5.11 Å². The van der Waals surface area contributed by atoms with Gasteiger partial charge in [0.1, 0.15) is 0 Å². The van der Waals surface area contributed by atoms with Crippen LogP contribution in [0.1, 0.15) is 18.4 Å². The summed E-state index contributed by atoms with van der Waals surface area (Å²) in [6.45, 7) is 6.78. The molecule has 1 aromatic heterocycles. The lowest BCUT2D eigenvalue weighted by molar-refractivity contribution is 0.0810. The number of ether oxygens (including phenoxy) is 1. The van der Waals surface area contributed by atoms with Crippen LogP contribution in [0.4, 0.5) is 0 Å². The minimum absolute atomic E-state index is 0.293. The van der Waals surface area contributed by atoms with Gasteiger partial charge in [-0.3, -0.25) is 4.90 Å². The van der Waals surface area contributed by atoms with Crippen LogP contribution in [-0.2, 0) is 11.3 Å². The fourth-order valence-electron chi connectivity index (χ4n) is 1.80. The van der Waals surface area contributed by atoms with Crippen molar-refractivity contribution in [1.82, 2.24) is 4.90 Å². The van der Waals surface area contributed by atoms with Crippen molar-refractivity contribution in [1.29, 1.82) is 0 Å². The summed E-state index contributed by atoms with van der Waals surface area (Å²) in [4.78, 5) is 2.24. The zero-order valence-electron chi connectivity index (χ0n) is 11.0. The molecule has 0 saturated heterocycles. The molecule has 0 aliphatic rings. The van der Waals surface area contributed by atoms with Gasteiger partial charge in [0.15, 0.2) is 0 Å². The molecule has 0 unspecified atom stereocenters. The molecule has 1 N–H and O–H groups in total. The van der Waals surface area contributed by atoms with Crippen LogP contribution in [0.2, 0.25) is 0 Å². The first-order valence-corrected chi connectivity index (χ1v) is 7.22. The van der Waals surface area contributed by atoms with E-state index in [2.05, 4.69) is 28.3 Å². The Morgan fingerprint density at radius 3 is 3.06 bits per heavy atom. The minimum Gasteiger partial charge on any atom is -0.392 e. The number of hydrogen-bond acceptors (Lipinski definition) is 4. The van der Waals surface area contributed by atoms with Crippen molar-refractivity contribution in [3.8, 4) is 0 Å². The van der Waals surface area contributed by atoms with Crippen molar-refractivity contribution in [2.45, 2.75) is 25.5 Å². The van der Waals surface area contributed by atoms with Crippen molar-refractivity contribution in [3.05, 3.63) is 35.0 Å². The predicted octanol–water partition coefficient (Wildman–Crippen LogP) is 2.52. The molecule has 0 radical (unpaired) electrons. The number of allylic oxidation sites excluding steroid dienone is 1. The second kappa shape index (κ2) is 9.28. The van der Waals surface area contributed by atoms with E-state index in [0.717, 1.165) is 25.9 Å². The first kappa shape index (κ1) is 15.4. The van der Waals surface area contributed by atoms with Gasteiger partial charge in [-0.2, -0.15) is 11.3 Å². The van der Waals surface area contributed by atoms with Crippen LogP contribution in [0, 0.1) is 0 Å². The molecule has 1 aromatic rings. The van der Waals surface area contributed by atoms with Gasteiger partial charge in [0.2, 0.25) is 0 Å². The van der Waals surface area contributed by atoms with Crippen LogP contribution in [0.5, 0.6) is 0 Å². The molecule has 4 heteroatoms. The number of hydrogen-bond donors (Lipinski definition) is 1. The summed E-state index contributed by atoms with van der Waals surface area (Å²) >= 11 is 1.70. The molecule has 0 fully saturated rings. The molecule has 0 amide bonds. The maximum Gasteiger partial charge on any atom is 0.0670 e. The van der Waals surface area contributed by atoms with Gasteiger partial charge in [0.25, 0.3) is 0 Å². The maximum atomic E-state index is 9.95. The average Bonchev–Trinajstić information content (AvgIpc) is 2.86. The highest BCUT2D eigenvalue weighted by Gasteiger charge is 2.11. The highest BCUT2D eigenvalue weighted by Crippen LogP contribution is 2.11. The summed E-state index contributed by atoms with van der Waals surface area (Å²) in [7, 11) is 1.71. The molecule has 102 valence electrons. The third-order valence-corrected chi connectivity index (χ3v) is 3.50. The Morgan fingerprint density at radius 2 is 2.44 bits per heavy atom. The van der Waals surface area contributed by atoms with Gasteiger partial charge in [-0.1, -0.05) is 6.08 Å². The van der Waals surface area contributed by atoms with Gasteiger partial charge in [-0.05, 0) is 35.2 Å². The predicted molar refractivity (Wildman–Crippen MR) is 76.9 cm³/mol. The minimum atomic E-state index is -0.293. The van der Waals surface area contributed by atoms with Gasteiger partial charge in [-0.15, -0.1) is 6.58 Å². The third-order valence-electron chi connectivity index (χ3n) is 2.77. The highest BCUT2D eigenvalue weighted by atomic mass is 32.1. The Labute approximate surface area is 114 Å². The lowest BCUT2D eigenvalue weighted by Crippen LogP contribution is -2.34. The number of thiophene rings is 1. The van der Waals surface area contributed by atoms with Crippen LogP contribution < -0.4 is 0 Å². The number of rotatable bonds is 10. The lowest BCUT2D eigenvalue weighted by atomic mass is 10.2. The SMILES string of the molecule is C=CCC[C@H](O)CN(CCOC)Cc1ccsc1. The van der Waals surface area contributed by atoms with Crippen LogP contribution in [0.25, 0.3) is 0 Å². The normalized spacial score (nSPS) is 12.8. The fourth-order valence-corrected chi connectivity index (χ4v) is 2.46. The van der Waals surface area contributed by atoms with E-state index in [-0.39, 0.29) is 6.10 Å². The van der Waals surface area contributed by atoms with E-state index in [1.54, 1.807) is 18.4 Å². The van der Waals surface area contributed by atoms with Crippen LogP contribution in [0.15, 0.2) is 29.5 Å². The topological polar surface area (TPSA) is 32.7 Å². The third kappa shape index (κ3) is 6.31. The fraction of sp³-hybridized carbons (Fsp3) is 0.571. The van der Waals surface area contributed by atoms with E-state index in [1.165, 1.54) is 5.56 Å². The molecular weight excluding hydrogens is 246 g/mol. The summed E-state index contributed by atoms with van der Waals surface area (Å²) < 4.78 is 5.12. The monoisotopic (exact) mass is 269 g/mol. The van der Waals surface area contributed by atoms with E-state index in [0.29, 0.717) is 13.2 Å². The van der Waals surface area contributed by atoms with Gasteiger partial charge >= 0.3 is 0 Å². The second-order valence-electron chi connectivity index (χ2n) is 4.38. The van der Waals surface area contributed by atoms with Gasteiger partial charge in [-0.25, -0.2) is 0 Å². The first-order chi connectivity index (χ1) is 8.76. The highest BCUT2D eigenvalue weighted by molar-refractivity contribution is 7.07. The smallest absolute Gasteiger partial charge is 0.0670 e. The Kier molecular flexibility index (Phi) is 7.93. The molecule has 0 aliphatic heterocycles. The van der Waals surface area contributed by atoms with Gasteiger partial charge in [0, 0.05) is 26.7 Å². The number of nitrogens with zero attached hydrogens (tertiary/aromatic N) is 1. The van der Waals surface area contributed by atoms with Crippen molar-refractivity contribution >= 4 is 11.3 Å². The Bertz CT molecular complexity index is 314. The molecule has 0 saturated carbocycles.